The lowest BCUT2D eigenvalue weighted by Crippen LogP contribution is -2.14. The Hall–Kier alpha value is -3.55. The molecule has 1 aromatic carbocycles. The van der Waals surface area contributed by atoms with Gasteiger partial charge < -0.3 is 15.6 Å². The van der Waals surface area contributed by atoms with Gasteiger partial charge in [-0.05, 0) is 29.8 Å². The summed E-state index contributed by atoms with van der Waals surface area (Å²) in [6, 6.07) is 10.6. The van der Waals surface area contributed by atoms with E-state index in [2.05, 4.69) is 20.4 Å². The third kappa shape index (κ3) is 4.73. The molecule has 3 aromatic rings. The van der Waals surface area contributed by atoms with E-state index in [0.29, 0.717) is 23.8 Å². The number of aromatic nitrogens is 3. The standard InChI is InChI=1S/C18H17N5O3/c19-15(24)10-12-3-5-14(6-4-12)21-16(25)7-8-17-22-18(23-26-17)13-2-1-9-20-11-13/h1-6,9,11H,7-8,10H2,(H2,19,24)(H,21,25). The molecule has 2 heterocycles. The molecule has 2 aromatic heterocycles. The highest BCUT2D eigenvalue weighted by atomic mass is 16.5. The van der Waals surface area contributed by atoms with Gasteiger partial charge in [0.15, 0.2) is 0 Å². The summed E-state index contributed by atoms with van der Waals surface area (Å²) >= 11 is 0. The molecule has 8 heteroatoms. The first kappa shape index (κ1) is 17.3. The molecule has 0 radical (unpaired) electrons. The highest BCUT2D eigenvalue weighted by Gasteiger charge is 2.11. The third-order valence-electron chi connectivity index (χ3n) is 3.57. The molecule has 0 fully saturated rings. The third-order valence-corrected chi connectivity index (χ3v) is 3.57. The molecule has 3 rings (SSSR count). The molecule has 0 bridgehead atoms. The molecule has 0 saturated heterocycles. The summed E-state index contributed by atoms with van der Waals surface area (Å²) in [5, 5.41) is 6.66. The number of hydrogen-bond acceptors (Lipinski definition) is 6. The van der Waals surface area contributed by atoms with E-state index >= 15 is 0 Å². The van der Waals surface area contributed by atoms with Crippen LogP contribution in [0.5, 0.6) is 0 Å². The summed E-state index contributed by atoms with van der Waals surface area (Å²) in [5.41, 5.74) is 7.34. The van der Waals surface area contributed by atoms with E-state index in [9.17, 15) is 9.59 Å². The smallest absolute Gasteiger partial charge is 0.227 e. The first-order valence-corrected chi connectivity index (χ1v) is 8.00. The van der Waals surface area contributed by atoms with Crippen LogP contribution in [0.25, 0.3) is 11.4 Å². The van der Waals surface area contributed by atoms with Crippen LogP contribution >= 0.6 is 0 Å². The number of aryl methyl sites for hydroxylation is 1. The summed E-state index contributed by atoms with van der Waals surface area (Å²) in [4.78, 5) is 31.2. The van der Waals surface area contributed by atoms with Crippen LogP contribution in [0.1, 0.15) is 17.9 Å². The molecule has 3 N–H and O–H groups in total. The second-order valence-electron chi connectivity index (χ2n) is 5.64. The lowest BCUT2D eigenvalue weighted by Gasteiger charge is -2.05. The quantitative estimate of drug-likeness (QED) is 0.668. The second-order valence-corrected chi connectivity index (χ2v) is 5.64. The van der Waals surface area contributed by atoms with Crippen molar-refractivity contribution in [3.8, 4) is 11.4 Å². The number of rotatable bonds is 7. The van der Waals surface area contributed by atoms with E-state index < -0.39 is 5.91 Å². The van der Waals surface area contributed by atoms with Gasteiger partial charge in [0.1, 0.15) is 0 Å². The van der Waals surface area contributed by atoms with Crippen molar-refractivity contribution in [3.05, 3.63) is 60.2 Å². The average molecular weight is 351 g/mol. The first-order valence-electron chi connectivity index (χ1n) is 8.00. The molecule has 2 amide bonds. The van der Waals surface area contributed by atoms with Crippen LogP contribution in [0, 0.1) is 0 Å². The van der Waals surface area contributed by atoms with Gasteiger partial charge in [-0.15, -0.1) is 0 Å². The molecule has 8 nitrogen and oxygen atoms in total. The fourth-order valence-corrected chi connectivity index (χ4v) is 2.32. The van der Waals surface area contributed by atoms with Gasteiger partial charge >= 0.3 is 0 Å². The Kier molecular flexibility index (Phi) is 5.33. The van der Waals surface area contributed by atoms with Crippen LogP contribution in [0.4, 0.5) is 5.69 Å². The number of carbonyl (C=O) groups is 2. The largest absolute Gasteiger partial charge is 0.369 e. The fraction of sp³-hybridized carbons (Fsp3) is 0.167. The number of benzene rings is 1. The molecule has 0 aliphatic heterocycles. The predicted octanol–water partition coefficient (Wildman–Crippen LogP) is 1.73. The maximum atomic E-state index is 12.0. The van der Waals surface area contributed by atoms with Gasteiger partial charge in [-0.25, -0.2) is 0 Å². The predicted molar refractivity (Wildman–Crippen MR) is 93.8 cm³/mol. The normalized spacial score (nSPS) is 10.5. The van der Waals surface area contributed by atoms with Crippen LogP contribution in [-0.4, -0.2) is 26.9 Å². The van der Waals surface area contributed by atoms with Crippen LogP contribution in [0.2, 0.25) is 0 Å². The van der Waals surface area contributed by atoms with E-state index in [-0.39, 0.29) is 18.7 Å². The van der Waals surface area contributed by atoms with E-state index in [1.54, 1.807) is 42.7 Å². The van der Waals surface area contributed by atoms with E-state index in [1.807, 2.05) is 6.07 Å². The van der Waals surface area contributed by atoms with Gasteiger partial charge in [0, 0.05) is 36.5 Å². The summed E-state index contributed by atoms with van der Waals surface area (Å²) in [6.45, 7) is 0. The van der Waals surface area contributed by atoms with Gasteiger partial charge in [-0.3, -0.25) is 14.6 Å². The Bertz CT molecular complexity index is 891. The lowest BCUT2D eigenvalue weighted by molar-refractivity contribution is -0.117. The zero-order chi connectivity index (χ0) is 18.4. The fourth-order valence-electron chi connectivity index (χ4n) is 2.32. The van der Waals surface area contributed by atoms with Crippen molar-refractivity contribution < 1.29 is 14.1 Å². The van der Waals surface area contributed by atoms with E-state index in [1.165, 1.54) is 0 Å². The van der Waals surface area contributed by atoms with Crippen LogP contribution in [0.3, 0.4) is 0 Å². The van der Waals surface area contributed by atoms with Crippen molar-refractivity contribution in [2.75, 3.05) is 5.32 Å². The zero-order valence-electron chi connectivity index (χ0n) is 13.9. The number of nitrogens with one attached hydrogen (secondary N) is 1. The van der Waals surface area contributed by atoms with E-state index in [0.717, 1.165) is 11.1 Å². The van der Waals surface area contributed by atoms with Gasteiger partial charge in [0.2, 0.25) is 23.5 Å². The monoisotopic (exact) mass is 351 g/mol. The molecule has 0 unspecified atom stereocenters. The molecular weight excluding hydrogens is 334 g/mol. The van der Waals surface area contributed by atoms with Crippen molar-refractivity contribution in [2.45, 2.75) is 19.3 Å². The molecule has 26 heavy (non-hydrogen) atoms. The van der Waals surface area contributed by atoms with Gasteiger partial charge in [-0.2, -0.15) is 4.98 Å². The number of pyridine rings is 1. The summed E-state index contributed by atoms with van der Waals surface area (Å²) in [7, 11) is 0. The lowest BCUT2D eigenvalue weighted by atomic mass is 10.1. The van der Waals surface area contributed by atoms with Gasteiger partial charge in [0.25, 0.3) is 0 Å². The Balaban J connectivity index is 1.51. The molecule has 0 atom stereocenters. The van der Waals surface area contributed by atoms with Crippen molar-refractivity contribution in [2.24, 2.45) is 5.73 Å². The van der Waals surface area contributed by atoms with Crippen LogP contribution in [0.15, 0.2) is 53.3 Å². The van der Waals surface area contributed by atoms with Crippen molar-refractivity contribution in [1.29, 1.82) is 0 Å². The molecule has 132 valence electrons. The SMILES string of the molecule is NC(=O)Cc1ccc(NC(=O)CCc2nc(-c3cccnc3)no2)cc1. The van der Waals surface area contributed by atoms with Crippen LogP contribution in [-0.2, 0) is 22.4 Å². The topological polar surface area (TPSA) is 124 Å². The van der Waals surface area contributed by atoms with E-state index in [4.69, 9.17) is 10.3 Å². The highest BCUT2D eigenvalue weighted by molar-refractivity contribution is 5.90. The zero-order valence-corrected chi connectivity index (χ0v) is 13.9. The van der Waals surface area contributed by atoms with Crippen molar-refractivity contribution in [1.82, 2.24) is 15.1 Å². The maximum Gasteiger partial charge on any atom is 0.227 e. The molecule has 0 saturated carbocycles. The molecule has 0 aliphatic rings. The Labute approximate surface area is 149 Å². The Morgan fingerprint density at radius 3 is 2.65 bits per heavy atom. The minimum atomic E-state index is -0.396. The number of nitrogens with two attached hydrogens (primary N) is 1. The highest BCUT2D eigenvalue weighted by Crippen LogP contribution is 2.15. The number of amides is 2. The number of nitrogens with zero attached hydrogens (tertiary/aromatic N) is 3. The molecule has 0 aliphatic carbocycles. The molecule has 0 spiro atoms. The van der Waals surface area contributed by atoms with Crippen molar-refractivity contribution >= 4 is 17.5 Å². The number of hydrogen-bond donors (Lipinski definition) is 2. The van der Waals surface area contributed by atoms with Crippen molar-refractivity contribution in [3.63, 3.8) is 0 Å². The van der Waals surface area contributed by atoms with Crippen LogP contribution < -0.4 is 11.1 Å². The van der Waals surface area contributed by atoms with Gasteiger partial charge in [-0.1, -0.05) is 17.3 Å². The first-order chi connectivity index (χ1) is 12.6. The maximum absolute atomic E-state index is 12.0. The van der Waals surface area contributed by atoms with Gasteiger partial charge in [0.05, 0.1) is 6.42 Å². The summed E-state index contributed by atoms with van der Waals surface area (Å²) in [6.07, 6.45) is 4.01. The average Bonchev–Trinajstić information content (AvgIpc) is 3.11. The summed E-state index contributed by atoms with van der Waals surface area (Å²) < 4.78 is 5.16. The number of primary amides is 1. The molecular formula is C18H17N5O3. The summed E-state index contributed by atoms with van der Waals surface area (Å²) in [5.74, 6) is 0.259. The Morgan fingerprint density at radius 1 is 1.15 bits per heavy atom. The minimum absolute atomic E-state index is 0.171. The second kappa shape index (κ2) is 8.02. The minimum Gasteiger partial charge on any atom is -0.369 e. The Morgan fingerprint density at radius 2 is 1.96 bits per heavy atom. The number of anilines is 1. The number of carbonyl (C=O) groups excluding carboxylic acids is 2.